The van der Waals surface area contributed by atoms with Gasteiger partial charge in [-0.05, 0) is 24.5 Å². The van der Waals surface area contributed by atoms with Crippen LogP contribution in [-0.4, -0.2) is 10.7 Å². The van der Waals surface area contributed by atoms with Crippen LogP contribution in [0.4, 0.5) is 5.82 Å². The maximum Gasteiger partial charge on any atom is 0.270 e. The molecule has 0 aromatic carbocycles. The van der Waals surface area contributed by atoms with E-state index < -0.39 is 0 Å². The second-order valence-electron chi connectivity index (χ2n) is 3.48. The second kappa shape index (κ2) is 5.66. The lowest BCUT2D eigenvalue weighted by Crippen LogP contribution is -1.90. The Bertz CT molecular complexity index is 328. The highest BCUT2D eigenvalue weighted by atomic mass is 32.2. The topological polar surface area (TPSA) is 17.2 Å². The van der Waals surface area contributed by atoms with Crippen molar-refractivity contribution in [2.75, 3.05) is 5.75 Å². The Hall–Kier alpha value is -1.01. The van der Waals surface area contributed by atoms with Gasteiger partial charge in [0.05, 0.1) is 0 Å². The van der Waals surface area contributed by atoms with Crippen LogP contribution in [0.25, 0.3) is 4.85 Å². The number of aromatic nitrogens is 1. The van der Waals surface area contributed by atoms with E-state index in [1.165, 1.54) is 6.42 Å². The van der Waals surface area contributed by atoms with E-state index in [0.29, 0.717) is 5.82 Å². The van der Waals surface area contributed by atoms with Crippen molar-refractivity contribution < 1.29 is 0 Å². The Kier molecular flexibility index (Phi) is 4.48. The molecule has 1 aromatic heterocycles. The molecule has 14 heavy (non-hydrogen) atoms. The summed E-state index contributed by atoms with van der Waals surface area (Å²) in [5, 5.41) is 0.958. The van der Waals surface area contributed by atoms with Crippen LogP contribution in [0.3, 0.4) is 0 Å². The van der Waals surface area contributed by atoms with E-state index in [1.807, 2.05) is 12.1 Å². The van der Waals surface area contributed by atoms with Gasteiger partial charge >= 0.3 is 0 Å². The van der Waals surface area contributed by atoms with Gasteiger partial charge in [-0.25, -0.2) is 0 Å². The zero-order chi connectivity index (χ0) is 10.4. The third kappa shape index (κ3) is 3.80. The molecule has 0 amide bonds. The Morgan fingerprint density at radius 3 is 2.93 bits per heavy atom. The lowest BCUT2D eigenvalue weighted by atomic mass is 10.2. The van der Waals surface area contributed by atoms with E-state index in [9.17, 15) is 0 Å². The molecule has 0 aliphatic carbocycles. The van der Waals surface area contributed by atoms with Gasteiger partial charge in [0.1, 0.15) is 0 Å². The third-order valence-corrected chi connectivity index (χ3v) is 2.73. The van der Waals surface area contributed by atoms with Crippen molar-refractivity contribution in [1.29, 1.82) is 0 Å². The second-order valence-corrected chi connectivity index (χ2v) is 4.59. The number of hydrogen-bond acceptors (Lipinski definition) is 2. The van der Waals surface area contributed by atoms with E-state index in [-0.39, 0.29) is 0 Å². The van der Waals surface area contributed by atoms with Crippen LogP contribution >= 0.6 is 11.8 Å². The summed E-state index contributed by atoms with van der Waals surface area (Å²) >= 11 is 1.72. The van der Waals surface area contributed by atoms with Gasteiger partial charge in [0.25, 0.3) is 5.82 Å². The van der Waals surface area contributed by atoms with Crippen LogP contribution in [0, 0.1) is 12.5 Å². The van der Waals surface area contributed by atoms with Gasteiger partial charge in [-0.1, -0.05) is 38.2 Å². The Balaban J connectivity index is 2.47. The van der Waals surface area contributed by atoms with E-state index in [4.69, 9.17) is 6.57 Å². The van der Waals surface area contributed by atoms with Crippen LogP contribution < -0.4 is 0 Å². The van der Waals surface area contributed by atoms with Gasteiger partial charge in [0.15, 0.2) is 5.03 Å². The monoisotopic (exact) mass is 206 g/mol. The number of nitrogens with zero attached hydrogens (tertiary/aromatic N) is 2. The predicted octanol–water partition coefficient (Wildman–Crippen LogP) is 3.77. The molecule has 0 spiro atoms. The lowest BCUT2D eigenvalue weighted by molar-refractivity contribution is 0.632. The highest BCUT2D eigenvalue weighted by Crippen LogP contribution is 2.20. The zero-order valence-corrected chi connectivity index (χ0v) is 9.34. The summed E-state index contributed by atoms with van der Waals surface area (Å²) in [5.41, 5.74) is 0. The summed E-state index contributed by atoms with van der Waals surface area (Å²) in [6.45, 7) is 11.3. The van der Waals surface area contributed by atoms with Gasteiger partial charge in [-0.2, -0.15) is 0 Å². The van der Waals surface area contributed by atoms with Gasteiger partial charge in [-0.15, -0.1) is 4.98 Å². The summed E-state index contributed by atoms with van der Waals surface area (Å²) in [6.07, 6.45) is 1.19. The highest BCUT2D eigenvalue weighted by Gasteiger charge is 2.02. The first kappa shape index (κ1) is 11.1. The standard InChI is InChI=1S/C11H14N2S/c1-9(2)7-8-14-11-6-4-5-10(12-3)13-11/h4-6,9H,7-8H2,1-2H3. The van der Waals surface area contributed by atoms with E-state index >= 15 is 0 Å². The minimum atomic E-state index is 0.486. The maximum atomic E-state index is 6.84. The predicted molar refractivity (Wildman–Crippen MR) is 60.7 cm³/mol. The summed E-state index contributed by atoms with van der Waals surface area (Å²) in [7, 11) is 0. The summed E-state index contributed by atoms with van der Waals surface area (Å²) in [5.74, 6) is 2.29. The quantitative estimate of drug-likeness (QED) is 0.551. The first-order chi connectivity index (χ1) is 6.72. The molecule has 0 fully saturated rings. The molecule has 0 unspecified atom stereocenters. The molecule has 3 heteroatoms. The van der Waals surface area contributed by atoms with Crippen LogP contribution in [0.15, 0.2) is 23.2 Å². The first-order valence-electron chi connectivity index (χ1n) is 4.69. The largest absolute Gasteiger partial charge is 0.361 e. The summed E-state index contributed by atoms with van der Waals surface area (Å²) < 4.78 is 0. The van der Waals surface area contributed by atoms with E-state index in [1.54, 1.807) is 17.8 Å². The third-order valence-electron chi connectivity index (χ3n) is 1.77. The minimum absolute atomic E-state index is 0.486. The zero-order valence-electron chi connectivity index (χ0n) is 8.53. The fourth-order valence-electron chi connectivity index (χ4n) is 0.946. The van der Waals surface area contributed by atoms with Crippen molar-refractivity contribution in [2.24, 2.45) is 5.92 Å². The molecular formula is C11H14N2S. The fraction of sp³-hybridized carbons (Fsp3) is 0.455. The van der Waals surface area contributed by atoms with Gasteiger partial charge in [0, 0.05) is 5.75 Å². The van der Waals surface area contributed by atoms with Crippen molar-refractivity contribution >= 4 is 17.6 Å². The summed E-state index contributed by atoms with van der Waals surface area (Å²) in [4.78, 5) is 7.50. The molecule has 0 aliphatic rings. The average molecular weight is 206 g/mol. The fourth-order valence-corrected chi connectivity index (χ4v) is 2.08. The molecule has 1 rings (SSSR count). The normalized spacial score (nSPS) is 10.1. The van der Waals surface area contributed by atoms with Crippen LogP contribution in [0.2, 0.25) is 0 Å². The molecule has 1 aromatic rings. The first-order valence-corrected chi connectivity index (χ1v) is 5.68. The number of hydrogen-bond donors (Lipinski definition) is 0. The van der Waals surface area contributed by atoms with Crippen LogP contribution in [0.1, 0.15) is 20.3 Å². The number of pyridine rings is 1. The molecule has 74 valence electrons. The van der Waals surface area contributed by atoms with Crippen molar-refractivity contribution in [3.8, 4) is 0 Å². The maximum absolute atomic E-state index is 6.84. The molecule has 0 radical (unpaired) electrons. The van der Waals surface area contributed by atoms with Crippen LogP contribution in [0.5, 0.6) is 0 Å². The molecule has 0 atom stereocenters. The summed E-state index contributed by atoms with van der Waals surface area (Å²) in [6, 6.07) is 5.58. The van der Waals surface area contributed by atoms with Gasteiger partial charge in [-0.3, -0.25) is 0 Å². The number of rotatable bonds is 4. The molecule has 0 bridgehead atoms. The highest BCUT2D eigenvalue weighted by molar-refractivity contribution is 7.99. The van der Waals surface area contributed by atoms with E-state index in [2.05, 4.69) is 23.7 Å². The van der Waals surface area contributed by atoms with Crippen molar-refractivity contribution in [3.63, 3.8) is 0 Å². The number of thioether (sulfide) groups is 1. The Morgan fingerprint density at radius 1 is 1.50 bits per heavy atom. The SMILES string of the molecule is [C-]#[N+]c1cccc(SCCC(C)C)n1. The van der Waals surface area contributed by atoms with E-state index in [0.717, 1.165) is 16.7 Å². The smallest absolute Gasteiger partial charge is 0.270 e. The molecule has 0 aliphatic heterocycles. The van der Waals surface area contributed by atoms with Gasteiger partial charge < -0.3 is 4.85 Å². The molecule has 0 N–H and O–H groups in total. The molecule has 0 saturated carbocycles. The average Bonchev–Trinajstić information content (AvgIpc) is 2.18. The molecule has 1 heterocycles. The van der Waals surface area contributed by atoms with Crippen molar-refractivity contribution in [3.05, 3.63) is 29.6 Å². The van der Waals surface area contributed by atoms with Crippen molar-refractivity contribution in [2.45, 2.75) is 25.3 Å². The van der Waals surface area contributed by atoms with Gasteiger partial charge in [0.2, 0.25) is 0 Å². The molecule has 2 nitrogen and oxygen atoms in total. The molecule has 0 saturated heterocycles. The minimum Gasteiger partial charge on any atom is -0.361 e. The Morgan fingerprint density at radius 2 is 2.29 bits per heavy atom. The lowest BCUT2D eigenvalue weighted by Gasteiger charge is -2.01. The van der Waals surface area contributed by atoms with Crippen molar-refractivity contribution in [1.82, 2.24) is 4.98 Å². The Labute approximate surface area is 89.6 Å². The van der Waals surface area contributed by atoms with Crippen LogP contribution in [-0.2, 0) is 0 Å². The molecular weight excluding hydrogens is 192 g/mol.